The van der Waals surface area contributed by atoms with Crippen molar-refractivity contribution in [3.63, 3.8) is 0 Å². The van der Waals surface area contributed by atoms with Crippen molar-refractivity contribution < 1.29 is 0 Å². The highest BCUT2D eigenvalue weighted by Crippen LogP contribution is 2.43. The molecule has 0 aliphatic rings. The van der Waals surface area contributed by atoms with Gasteiger partial charge in [0.15, 0.2) is 0 Å². The summed E-state index contributed by atoms with van der Waals surface area (Å²) in [5.74, 6) is 0.616. The van der Waals surface area contributed by atoms with Gasteiger partial charge in [-0.2, -0.15) is 0 Å². The number of aryl methyl sites for hydroxylation is 1. The lowest BCUT2D eigenvalue weighted by atomic mass is 9.97. The SMILES string of the molecule is CC(C)Cn1c2ccccc2c2cc(N(C)c3ccccc3)ccc21.CCCCn1c2ccccc2c2cc(N(C)c3ccccc3)ccc21.CN(c1ccccc1)c1ccc2c(c1)c1cc(-c3cccc4ccccc34)ccc1n2-c1ccccc1.CN(c1ccccc1)c1ccc2c(c1)c1cc(-c3ccccc3)ccc1n2-c1ccccc1. The van der Waals surface area contributed by atoms with Crippen molar-refractivity contribution in [2.24, 2.45) is 5.92 Å². The van der Waals surface area contributed by atoms with Gasteiger partial charge in [-0.25, -0.2) is 0 Å². The van der Waals surface area contributed by atoms with Crippen LogP contribution in [0.15, 0.2) is 413 Å². The summed E-state index contributed by atoms with van der Waals surface area (Å²) in [6.45, 7) is 8.92. The molecule has 0 aliphatic heterocycles. The number of hydrogen-bond acceptors (Lipinski definition) is 4. The highest BCUT2D eigenvalue weighted by atomic mass is 15.1. The molecule has 8 heteroatoms. The van der Waals surface area contributed by atoms with Crippen LogP contribution in [0.5, 0.6) is 0 Å². The number of para-hydroxylation sites is 8. The number of unbranched alkanes of at least 4 members (excludes halogenated alkanes) is 1. The molecule has 586 valence electrons. The maximum Gasteiger partial charge on any atom is 0.0542 e. The molecule has 0 saturated carbocycles. The third-order valence-corrected chi connectivity index (χ3v) is 23.7. The van der Waals surface area contributed by atoms with Gasteiger partial charge in [0.25, 0.3) is 0 Å². The lowest BCUT2D eigenvalue weighted by Gasteiger charge is -2.20. The minimum Gasteiger partial charge on any atom is -0.345 e. The molecule has 21 aromatic rings. The molecular weight excluding hydrogens is 1460 g/mol. The van der Waals surface area contributed by atoms with Gasteiger partial charge in [-0.05, 0) is 227 Å². The van der Waals surface area contributed by atoms with Gasteiger partial charge in [-0.3, -0.25) is 0 Å². The van der Waals surface area contributed by atoms with Crippen molar-refractivity contribution >= 4 is 143 Å². The molecule has 0 aliphatic carbocycles. The van der Waals surface area contributed by atoms with E-state index in [1.165, 1.54) is 190 Å². The van der Waals surface area contributed by atoms with Gasteiger partial charge in [0, 0.05) is 163 Å². The molecule has 0 amide bonds. The van der Waals surface area contributed by atoms with Gasteiger partial charge < -0.3 is 37.9 Å². The molecule has 21 rings (SSSR count). The van der Waals surface area contributed by atoms with Crippen LogP contribution in [0.4, 0.5) is 45.5 Å². The monoisotopic (exact) mass is 1550 g/mol. The molecule has 0 unspecified atom stereocenters. The van der Waals surface area contributed by atoms with E-state index >= 15 is 0 Å². The van der Waals surface area contributed by atoms with E-state index < -0.39 is 0 Å². The van der Waals surface area contributed by atoms with E-state index in [1.807, 2.05) is 0 Å². The van der Waals surface area contributed by atoms with Crippen molar-refractivity contribution in [3.05, 3.63) is 413 Å². The first kappa shape index (κ1) is 76.7. The zero-order valence-electron chi connectivity index (χ0n) is 69.2. The minimum absolute atomic E-state index is 0.616. The summed E-state index contributed by atoms with van der Waals surface area (Å²) in [6.07, 6.45) is 2.42. The molecular formula is C112H98N8. The number of nitrogens with zero attached hydrogens (tertiary/aromatic N) is 8. The molecule has 17 aromatic carbocycles. The van der Waals surface area contributed by atoms with Crippen LogP contribution in [0, 0.1) is 5.92 Å². The Hall–Kier alpha value is -14.6. The predicted molar refractivity (Wildman–Crippen MR) is 517 cm³/mol. The third-order valence-electron chi connectivity index (χ3n) is 23.7. The van der Waals surface area contributed by atoms with Crippen LogP contribution in [0.25, 0.3) is 132 Å². The van der Waals surface area contributed by atoms with Crippen LogP contribution in [-0.4, -0.2) is 46.5 Å². The fourth-order valence-electron chi connectivity index (χ4n) is 17.4. The van der Waals surface area contributed by atoms with E-state index in [-0.39, 0.29) is 0 Å². The maximum atomic E-state index is 2.47. The smallest absolute Gasteiger partial charge is 0.0542 e. The van der Waals surface area contributed by atoms with Crippen molar-refractivity contribution in [1.29, 1.82) is 0 Å². The zero-order valence-corrected chi connectivity index (χ0v) is 69.2. The molecule has 0 N–H and O–H groups in total. The van der Waals surface area contributed by atoms with E-state index in [0.29, 0.717) is 5.92 Å². The Kier molecular flexibility index (Phi) is 21.9. The quantitative estimate of drug-likeness (QED) is 0.0910. The largest absolute Gasteiger partial charge is 0.345 e. The Balaban J connectivity index is 0.000000111. The number of aromatic nitrogens is 4. The number of benzene rings is 17. The number of hydrogen-bond donors (Lipinski definition) is 0. The van der Waals surface area contributed by atoms with E-state index in [9.17, 15) is 0 Å². The Labute approximate surface area is 703 Å². The fraction of sp³-hybridized carbons (Fsp3) is 0.107. The van der Waals surface area contributed by atoms with Gasteiger partial charge in [-0.1, -0.05) is 258 Å². The van der Waals surface area contributed by atoms with Crippen LogP contribution in [0.2, 0.25) is 0 Å². The second-order valence-electron chi connectivity index (χ2n) is 31.6. The van der Waals surface area contributed by atoms with Gasteiger partial charge in [0.1, 0.15) is 0 Å². The van der Waals surface area contributed by atoms with E-state index in [4.69, 9.17) is 0 Å². The summed E-state index contributed by atoms with van der Waals surface area (Å²) >= 11 is 0. The summed E-state index contributed by atoms with van der Waals surface area (Å²) in [5, 5.41) is 12.9. The predicted octanol–water partition coefficient (Wildman–Crippen LogP) is 30.2. The molecule has 4 heterocycles. The third kappa shape index (κ3) is 15.3. The van der Waals surface area contributed by atoms with Crippen LogP contribution in [0.1, 0.15) is 33.6 Å². The first-order valence-corrected chi connectivity index (χ1v) is 42.0. The van der Waals surface area contributed by atoms with Gasteiger partial charge in [0.2, 0.25) is 0 Å². The van der Waals surface area contributed by atoms with Crippen molar-refractivity contribution in [3.8, 4) is 33.6 Å². The van der Waals surface area contributed by atoms with Gasteiger partial charge in [0.05, 0.1) is 22.1 Å². The van der Waals surface area contributed by atoms with E-state index in [1.54, 1.807) is 0 Å². The summed E-state index contributed by atoms with van der Waals surface area (Å²) < 4.78 is 9.68. The summed E-state index contributed by atoms with van der Waals surface area (Å²) in [7, 11) is 8.52. The normalized spacial score (nSPS) is 11.3. The highest BCUT2D eigenvalue weighted by molar-refractivity contribution is 6.15. The molecule has 120 heavy (non-hydrogen) atoms. The van der Waals surface area contributed by atoms with Crippen molar-refractivity contribution in [2.45, 2.75) is 46.7 Å². The Morgan fingerprint density at radius 1 is 0.233 bits per heavy atom. The summed E-state index contributed by atoms with van der Waals surface area (Å²) in [5.41, 5.74) is 27.0. The first-order valence-electron chi connectivity index (χ1n) is 42.0. The van der Waals surface area contributed by atoms with Crippen molar-refractivity contribution in [2.75, 3.05) is 47.8 Å². The Morgan fingerprint density at radius 2 is 0.542 bits per heavy atom. The van der Waals surface area contributed by atoms with Crippen LogP contribution < -0.4 is 19.6 Å². The molecule has 8 nitrogen and oxygen atoms in total. The number of fused-ring (bicyclic) bond motifs is 13. The molecule has 4 aromatic heterocycles. The van der Waals surface area contributed by atoms with Gasteiger partial charge >= 0.3 is 0 Å². The average Bonchev–Trinajstić information content (AvgIpc) is 1.61. The minimum atomic E-state index is 0.616. The lowest BCUT2D eigenvalue weighted by Crippen LogP contribution is -2.09. The molecule has 0 bridgehead atoms. The molecule has 0 radical (unpaired) electrons. The molecule has 0 atom stereocenters. The molecule has 0 fully saturated rings. The summed E-state index contributed by atoms with van der Waals surface area (Å²) in [4.78, 5) is 8.98. The van der Waals surface area contributed by atoms with E-state index in [2.05, 4.69) is 499 Å². The summed E-state index contributed by atoms with van der Waals surface area (Å²) in [6, 6.07) is 148. The number of anilines is 8. The Bertz CT molecular complexity index is 7130. The molecule has 0 saturated heterocycles. The standard InChI is InChI=1S/C35H26N2.C31H24N2.2C23H24N2/c1-36(27-13-4-2-5-14-27)29-20-22-35-33(24-29)32-23-26(31-18-10-12-25-11-8-9-17-30(25)31)19-21-34(32)37(35)28-15-6-3-7-16-28;1-32(25-13-7-3-8-14-25)27-18-20-31-29(22-27)28-21-24(23-11-5-2-6-12-23)17-19-30(28)33(31)26-15-9-4-10-16-26;1-17(2)16-25-22-12-8-7-11-20(22)21-15-19(13-14-23(21)25)24(3)18-9-5-4-6-10-18;1-3-4-16-25-22-13-9-8-12-20(22)21-17-19(14-15-23(21)25)24(2)18-10-6-5-7-11-18/h2-24H,1H3;2-22H,1H3;4-15,17H,16H2,1-3H3;5-15,17H,3-4,16H2,1-2H3. The fourth-order valence-corrected chi connectivity index (χ4v) is 17.4. The average molecular weight is 1560 g/mol. The highest BCUT2D eigenvalue weighted by Gasteiger charge is 2.21. The second kappa shape index (κ2) is 34.3. The van der Waals surface area contributed by atoms with Crippen molar-refractivity contribution in [1.82, 2.24) is 18.3 Å². The van der Waals surface area contributed by atoms with Crippen LogP contribution >= 0.6 is 0 Å². The van der Waals surface area contributed by atoms with E-state index in [0.717, 1.165) is 13.1 Å². The Morgan fingerprint density at radius 3 is 0.967 bits per heavy atom. The van der Waals surface area contributed by atoms with Gasteiger partial charge in [-0.15, -0.1) is 0 Å². The van der Waals surface area contributed by atoms with Crippen LogP contribution in [0.3, 0.4) is 0 Å². The molecule has 0 spiro atoms. The maximum absolute atomic E-state index is 2.47. The second-order valence-corrected chi connectivity index (χ2v) is 31.6. The van der Waals surface area contributed by atoms with Crippen LogP contribution in [-0.2, 0) is 13.1 Å². The number of rotatable bonds is 17. The zero-order chi connectivity index (χ0) is 81.6. The first-order chi connectivity index (χ1) is 59.0. The lowest BCUT2D eigenvalue weighted by molar-refractivity contribution is 0.545. The topological polar surface area (TPSA) is 32.7 Å².